The van der Waals surface area contributed by atoms with Crippen LogP contribution in [-0.4, -0.2) is 31.7 Å². The highest BCUT2D eigenvalue weighted by Gasteiger charge is 2.17. The first-order valence-electron chi connectivity index (χ1n) is 8.83. The Morgan fingerprint density at radius 1 is 1.07 bits per heavy atom. The number of aliphatic imine (C=N–C) groups is 1. The number of carbonyl (C=O) groups is 1. The van der Waals surface area contributed by atoms with Crippen LogP contribution < -0.4 is 20.5 Å². The van der Waals surface area contributed by atoms with Crippen LogP contribution >= 0.6 is 24.0 Å². The molecule has 0 fully saturated rings. The predicted octanol–water partition coefficient (Wildman–Crippen LogP) is 4.20. The Labute approximate surface area is 188 Å². The first-order valence-corrected chi connectivity index (χ1v) is 8.83. The van der Waals surface area contributed by atoms with Gasteiger partial charge in [0.25, 0.3) is 0 Å². The van der Waals surface area contributed by atoms with Crippen molar-refractivity contribution in [1.82, 2.24) is 0 Å². The number of hydrogen-bond donors (Lipinski definition) is 2. The molecule has 0 aliphatic heterocycles. The molecule has 0 saturated heterocycles. The van der Waals surface area contributed by atoms with Crippen LogP contribution in [0.5, 0.6) is 11.5 Å². The second-order valence-corrected chi connectivity index (χ2v) is 7.10. The number of benzene rings is 2. The Kier molecular flexibility index (Phi) is 9.22. The highest BCUT2D eigenvalue weighted by atomic mass is 127. The number of nitrogens with zero attached hydrogens (tertiary/aromatic N) is 1. The summed E-state index contributed by atoms with van der Waals surface area (Å²) in [4.78, 5) is 16.5. The Morgan fingerprint density at radius 2 is 1.76 bits per heavy atom. The number of hydrogen-bond acceptors (Lipinski definition) is 5. The number of anilines is 1. The number of methoxy groups -OCH3 is 2. The topological polar surface area (TPSA) is 95.2 Å². The molecule has 0 spiro atoms. The molecule has 2 aromatic carbocycles. The Hall–Kier alpha value is -2.49. The average Bonchev–Trinajstić information content (AvgIpc) is 2.65. The van der Waals surface area contributed by atoms with E-state index in [1.54, 1.807) is 44.6 Å². The molecule has 0 amide bonds. The molecule has 3 N–H and O–H groups in total. The van der Waals surface area contributed by atoms with Gasteiger partial charge in [-0.05, 0) is 50.6 Å². The van der Waals surface area contributed by atoms with Gasteiger partial charge in [-0.3, -0.25) is 0 Å². The maximum absolute atomic E-state index is 12.2. The fraction of sp³-hybridized carbons (Fsp3) is 0.333. The smallest absolute Gasteiger partial charge is 0.338 e. The predicted molar refractivity (Wildman–Crippen MR) is 126 cm³/mol. The van der Waals surface area contributed by atoms with E-state index in [1.807, 2.05) is 32.9 Å². The summed E-state index contributed by atoms with van der Waals surface area (Å²) in [6.07, 6.45) is 0. The van der Waals surface area contributed by atoms with Crippen molar-refractivity contribution in [2.45, 2.75) is 32.9 Å². The van der Waals surface area contributed by atoms with Crippen LogP contribution in [0.4, 0.5) is 5.69 Å². The van der Waals surface area contributed by atoms with Gasteiger partial charge in [-0.15, -0.1) is 24.0 Å². The molecule has 0 heterocycles. The van der Waals surface area contributed by atoms with Crippen LogP contribution in [0.15, 0.2) is 47.5 Å². The molecule has 0 saturated carbocycles. The molecule has 158 valence electrons. The third kappa shape index (κ3) is 7.80. The van der Waals surface area contributed by atoms with Crippen LogP contribution in [0.1, 0.15) is 36.7 Å². The van der Waals surface area contributed by atoms with Gasteiger partial charge in [0.15, 0.2) is 17.5 Å². The van der Waals surface area contributed by atoms with Crippen molar-refractivity contribution >= 4 is 41.6 Å². The summed E-state index contributed by atoms with van der Waals surface area (Å²) in [5.41, 5.74) is 7.48. The lowest BCUT2D eigenvalue weighted by Gasteiger charge is -2.19. The molecule has 0 aromatic heterocycles. The van der Waals surface area contributed by atoms with Crippen molar-refractivity contribution in [2.75, 3.05) is 19.5 Å². The highest BCUT2D eigenvalue weighted by molar-refractivity contribution is 14.0. The number of carbonyl (C=O) groups excluding carboxylic acids is 1. The van der Waals surface area contributed by atoms with Gasteiger partial charge in [0.1, 0.15) is 5.60 Å². The molecule has 0 bridgehead atoms. The first-order chi connectivity index (χ1) is 13.2. The highest BCUT2D eigenvalue weighted by Crippen LogP contribution is 2.29. The van der Waals surface area contributed by atoms with Crippen molar-refractivity contribution in [2.24, 2.45) is 10.7 Å². The molecule has 0 unspecified atom stereocenters. The van der Waals surface area contributed by atoms with Gasteiger partial charge in [0.2, 0.25) is 0 Å². The van der Waals surface area contributed by atoms with Crippen molar-refractivity contribution in [3.63, 3.8) is 0 Å². The standard InChI is InChI=1S/C21H27N3O4.HI/c1-21(2,3)28-19(25)15-8-6-7-14(11-15)13-23-20(22)24-16-9-10-17(26-4)18(12-16)27-5;/h6-12H,13H2,1-5H3,(H3,22,23,24);1H. The Morgan fingerprint density at radius 3 is 2.38 bits per heavy atom. The van der Waals surface area contributed by atoms with E-state index in [0.717, 1.165) is 11.3 Å². The molecule has 0 radical (unpaired) electrons. The molecule has 2 aromatic rings. The van der Waals surface area contributed by atoms with Gasteiger partial charge in [-0.1, -0.05) is 12.1 Å². The van der Waals surface area contributed by atoms with Crippen LogP contribution in [-0.2, 0) is 11.3 Å². The summed E-state index contributed by atoms with van der Waals surface area (Å²) in [6.45, 7) is 5.82. The lowest BCUT2D eigenvalue weighted by atomic mass is 10.1. The third-order valence-electron chi connectivity index (χ3n) is 3.65. The van der Waals surface area contributed by atoms with Gasteiger partial charge in [0, 0.05) is 11.8 Å². The fourth-order valence-corrected chi connectivity index (χ4v) is 2.41. The average molecular weight is 513 g/mol. The normalized spacial score (nSPS) is 11.3. The molecular formula is C21H28IN3O4. The van der Waals surface area contributed by atoms with Crippen molar-refractivity contribution in [3.05, 3.63) is 53.6 Å². The lowest BCUT2D eigenvalue weighted by molar-refractivity contribution is 0.00694. The number of nitrogens with two attached hydrogens (primary N) is 1. The number of halogens is 1. The van der Waals surface area contributed by atoms with E-state index in [4.69, 9.17) is 19.9 Å². The van der Waals surface area contributed by atoms with Gasteiger partial charge < -0.3 is 25.3 Å². The molecular weight excluding hydrogens is 485 g/mol. The monoisotopic (exact) mass is 513 g/mol. The maximum Gasteiger partial charge on any atom is 0.338 e. The molecule has 0 atom stereocenters. The van der Waals surface area contributed by atoms with Crippen molar-refractivity contribution in [3.8, 4) is 11.5 Å². The zero-order chi connectivity index (χ0) is 20.7. The maximum atomic E-state index is 12.2. The molecule has 0 aliphatic carbocycles. The van der Waals surface area contributed by atoms with Crippen LogP contribution in [0.25, 0.3) is 0 Å². The number of guanidine groups is 1. The van der Waals surface area contributed by atoms with Gasteiger partial charge in [0.05, 0.1) is 26.3 Å². The SMILES string of the molecule is COc1ccc(NC(N)=NCc2cccc(C(=O)OC(C)(C)C)c2)cc1OC.I. The summed E-state index contributed by atoms with van der Waals surface area (Å²) < 4.78 is 15.9. The third-order valence-corrected chi connectivity index (χ3v) is 3.65. The molecule has 7 nitrogen and oxygen atoms in total. The molecule has 8 heteroatoms. The zero-order valence-electron chi connectivity index (χ0n) is 17.3. The van der Waals surface area contributed by atoms with E-state index in [0.29, 0.717) is 23.6 Å². The van der Waals surface area contributed by atoms with E-state index in [9.17, 15) is 4.79 Å². The van der Waals surface area contributed by atoms with Crippen LogP contribution in [0.2, 0.25) is 0 Å². The zero-order valence-corrected chi connectivity index (χ0v) is 19.6. The number of esters is 1. The minimum absolute atomic E-state index is 0. The Bertz CT molecular complexity index is 863. The minimum Gasteiger partial charge on any atom is -0.493 e. The Balaban J connectivity index is 0.00000420. The van der Waals surface area contributed by atoms with Gasteiger partial charge in [-0.2, -0.15) is 0 Å². The summed E-state index contributed by atoms with van der Waals surface area (Å²) in [7, 11) is 3.14. The molecule has 0 aliphatic rings. The molecule has 2 rings (SSSR count). The number of nitrogens with one attached hydrogen (secondary N) is 1. The minimum atomic E-state index is -0.543. The van der Waals surface area contributed by atoms with E-state index < -0.39 is 5.60 Å². The number of rotatable bonds is 6. The van der Waals surface area contributed by atoms with E-state index >= 15 is 0 Å². The van der Waals surface area contributed by atoms with Gasteiger partial charge in [-0.25, -0.2) is 9.79 Å². The van der Waals surface area contributed by atoms with E-state index in [1.165, 1.54) is 0 Å². The summed E-state index contributed by atoms with van der Waals surface area (Å²) in [5, 5.41) is 3.01. The summed E-state index contributed by atoms with van der Waals surface area (Å²) >= 11 is 0. The van der Waals surface area contributed by atoms with Crippen molar-refractivity contribution in [1.29, 1.82) is 0 Å². The van der Waals surface area contributed by atoms with Gasteiger partial charge >= 0.3 is 5.97 Å². The summed E-state index contributed by atoms with van der Waals surface area (Å²) in [6, 6.07) is 12.5. The van der Waals surface area contributed by atoms with Crippen molar-refractivity contribution < 1.29 is 19.0 Å². The summed E-state index contributed by atoms with van der Waals surface area (Å²) in [5.74, 6) is 1.09. The largest absolute Gasteiger partial charge is 0.493 e. The number of ether oxygens (including phenoxy) is 3. The van der Waals surface area contributed by atoms with E-state index in [-0.39, 0.29) is 35.9 Å². The second-order valence-electron chi connectivity index (χ2n) is 7.10. The van der Waals surface area contributed by atoms with Crippen LogP contribution in [0.3, 0.4) is 0 Å². The lowest BCUT2D eigenvalue weighted by Crippen LogP contribution is -2.24. The van der Waals surface area contributed by atoms with E-state index in [2.05, 4.69) is 10.3 Å². The molecule has 29 heavy (non-hydrogen) atoms. The van der Waals surface area contributed by atoms with Crippen LogP contribution in [0, 0.1) is 0 Å². The second kappa shape index (κ2) is 10.9. The fourth-order valence-electron chi connectivity index (χ4n) is 2.41. The quantitative estimate of drug-likeness (QED) is 0.260. The first kappa shape index (κ1) is 24.5.